The molecule has 3 aromatic rings. The molecule has 0 atom stereocenters. The number of nitrogens with one attached hydrogen (secondary N) is 2. The minimum Gasteiger partial charge on any atom is -0.492 e. The van der Waals surface area contributed by atoms with Crippen LogP contribution in [0.1, 0.15) is 29.8 Å². The van der Waals surface area contributed by atoms with Gasteiger partial charge in [-0.3, -0.25) is 9.59 Å². The molecule has 188 valence electrons. The molecule has 0 bridgehead atoms. The van der Waals surface area contributed by atoms with Crippen molar-refractivity contribution in [2.45, 2.75) is 20.0 Å². The maximum absolute atomic E-state index is 13.7. The molecule has 0 heterocycles. The number of ether oxygens (including phenoxy) is 2. The molecule has 2 amide bonds. The van der Waals surface area contributed by atoms with E-state index in [4.69, 9.17) is 9.47 Å². The number of halogens is 3. The van der Waals surface area contributed by atoms with Gasteiger partial charge in [-0.1, -0.05) is 48.5 Å². The summed E-state index contributed by atoms with van der Waals surface area (Å²) in [5.41, 5.74) is -0.438. The van der Waals surface area contributed by atoms with Crippen molar-refractivity contribution >= 4 is 28.8 Å². The average molecular weight is 499 g/mol. The van der Waals surface area contributed by atoms with Crippen LogP contribution in [0, 0.1) is 0 Å². The highest BCUT2D eigenvalue weighted by atomic mass is 19.4. The van der Waals surface area contributed by atoms with E-state index in [0.29, 0.717) is 11.6 Å². The molecule has 0 saturated heterocycles. The van der Waals surface area contributed by atoms with Gasteiger partial charge in [0, 0.05) is 23.8 Å². The minimum atomic E-state index is -4.75. The molecule has 0 aliphatic rings. The molecule has 36 heavy (non-hydrogen) atoms. The van der Waals surface area contributed by atoms with E-state index in [2.05, 4.69) is 10.6 Å². The highest BCUT2D eigenvalue weighted by molar-refractivity contribution is 6.07. The van der Waals surface area contributed by atoms with Gasteiger partial charge < -0.3 is 20.1 Å². The second-order valence-corrected chi connectivity index (χ2v) is 7.44. The Balaban J connectivity index is 1.95. The molecule has 0 spiro atoms. The Bertz CT molecular complexity index is 1230. The maximum Gasteiger partial charge on any atom is 0.417 e. The Morgan fingerprint density at radius 1 is 0.778 bits per heavy atom. The fraction of sp³-hybridized carbons (Fsp3) is 0.185. The highest BCUT2D eigenvalue weighted by Crippen LogP contribution is 2.38. The molecular formula is C27H25F3N2O4. The van der Waals surface area contributed by atoms with E-state index < -0.39 is 23.6 Å². The van der Waals surface area contributed by atoms with E-state index in [-0.39, 0.29) is 41.7 Å². The summed E-state index contributed by atoms with van der Waals surface area (Å²) in [7, 11) is 0. The predicted octanol–water partition coefficient (Wildman–Crippen LogP) is 6.32. The van der Waals surface area contributed by atoms with Crippen LogP contribution in [0.25, 0.3) is 5.57 Å². The Labute approximate surface area is 206 Å². The first-order valence-corrected chi connectivity index (χ1v) is 11.2. The van der Waals surface area contributed by atoms with Crippen LogP contribution in [0.3, 0.4) is 0 Å². The zero-order valence-corrected chi connectivity index (χ0v) is 19.7. The third-order valence-corrected chi connectivity index (χ3v) is 4.89. The number of benzene rings is 3. The van der Waals surface area contributed by atoms with Gasteiger partial charge in [-0.2, -0.15) is 13.2 Å². The van der Waals surface area contributed by atoms with Gasteiger partial charge in [0.15, 0.2) is 0 Å². The zero-order valence-electron chi connectivity index (χ0n) is 19.7. The molecule has 0 fully saturated rings. The van der Waals surface area contributed by atoms with Crippen molar-refractivity contribution in [3.8, 4) is 11.5 Å². The fourth-order valence-electron chi connectivity index (χ4n) is 3.34. The van der Waals surface area contributed by atoms with E-state index in [0.717, 1.165) is 0 Å². The van der Waals surface area contributed by atoms with Crippen LogP contribution < -0.4 is 20.1 Å². The monoisotopic (exact) mass is 498 g/mol. The number of carbonyl (C=O) groups is 2. The zero-order chi connectivity index (χ0) is 26.1. The number of hydrogen-bond acceptors (Lipinski definition) is 4. The van der Waals surface area contributed by atoms with Crippen molar-refractivity contribution in [1.29, 1.82) is 0 Å². The van der Waals surface area contributed by atoms with E-state index in [1.807, 2.05) is 0 Å². The highest BCUT2D eigenvalue weighted by Gasteiger charge is 2.35. The summed E-state index contributed by atoms with van der Waals surface area (Å²) in [5, 5.41) is 5.19. The molecule has 0 radical (unpaired) electrons. The standard InChI is InChI=1S/C27H25F3N2O4/c1-3-35-23-17-22(32-26(34)19-13-9-6-10-14-19)24(36-4-2)16-21(23)31-25(33)15-20(27(28,29)30)18-11-7-5-8-12-18/h5-17H,3-4H2,1-2H3,(H,31,33)(H,32,34)/b20-15-. The van der Waals surface area contributed by atoms with Crippen LogP contribution in [0.15, 0.2) is 78.9 Å². The van der Waals surface area contributed by atoms with Crippen LogP contribution in [-0.4, -0.2) is 31.2 Å². The first kappa shape index (κ1) is 26.3. The van der Waals surface area contributed by atoms with Crippen LogP contribution in [0.2, 0.25) is 0 Å². The summed E-state index contributed by atoms with van der Waals surface area (Å²) in [4.78, 5) is 25.3. The number of carbonyl (C=O) groups excluding carboxylic acids is 2. The number of allylic oxidation sites excluding steroid dienone is 1. The SMILES string of the molecule is CCOc1cc(NC(=O)c2ccccc2)c(OCC)cc1NC(=O)/C=C(/c1ccccc1)C(F)(F)F. The van der Waals surface area contributed by atoms with Gasteiger partial charge >= 0.3 is 6.18 Å². The largest absolute Gasteiger partial charge is 0.492 e. The Morgan fingerprint density at radius 3 is 1.72 bits per heavy atom. The lowest BCUT2D eigenvalue weighted by Gasteiger charge is -2.18. The second kappa shape index (κ2) is 11.9. The maximum atomic E-state index is 13.7. The van der Waals surface area contributed by atoms with Crippen molar-refractivity contribution in [3.05, 3.63) is 90.0 Å². The second-order valence-electron chi connectivity index (χ2n) is 7.44. The van der Waals surface area contributed by atoms with Gasteiger partial charge in [0.25, 0.3) is 5.91 Å². The average Bonchev–Trinajstić information content (AvgIpc) is 2.85. The number of rotatable bonds is 9. The summed E-state index contributed by atoms with van der Waals surface area (Å²) in [6.07, 6.45) is -4.25. The van der Waals surface area contributed by atoms with Gasteiger partial charge in [-0.25, -0.2) is 0 Å². The molecule has 9 heteroatoms. The van der Waals surface area contributed by atoms with Crippen molar-refractivity contribution in [2.24, 2.45) is 0 Å². The molecule has 3 rings (SSSR count). The van der Waals surface area contributed by atoms with Gasteiger partial charge in [0.2, 0.25) is 5.91 Å². The molecular weight excluding hydrogens is 473 g/mol. The Morgan fingerprint density at radius 2 is 1.25 bits per heavy atom. The van der Waals surface area contributed by atoms with Crippen LogP contribution in [0.4, 0.5) is 24.5 Å². The van der Waals surface area contributed by atoms with Crippen LogP contribution in [0.5, 0.6) is 11.5 Å². The topological polar surface area (TPSA) is 76.7 Å². The lowest BCUT2D eigenvalue weighted by Crippen LogP contribution is -2.17. The first-order chi connectivity index (χ1) is 17.2. The third kappa shape index (κ3) is 6.88. The summed E-state index contributed by atoms with van der Waals surface area (Å²) in [5.74, 6) is -1.03. The van der Waals surface area contributed by atoms with Crippen LogP contribution >= 0.6 is 0 Å². The summed E-state index contributed by atoms with van der Waals surface area (Å²) < 4.78 is 52.2. The number of hydrogen-bond donors (Lipinski definition) is 2. The van der Waals surface area contributed by atoms with E-state index in [9.17, 15) is 22.8 Å². The summed E-state index contributed by atoms with van der Waals surface area (Å²) >= 11 is 0. The minimum absolute atomic E-state index is 0.0915. The number of alkyl halides is 3. The molecule has 2 N–H and O–H groups in total. The summed E-state index contributed by atoms with van der Waals surface area (Å²) in [6, 6.07) is 18.4. The van der Waals surface area contributed by atoms with Crippen molar-refractivity contribution < 1.29 is 32.2 Å². The molecule has 3 aromatic carbocycles. The van der Waals surface area contributed by atoms with E-state index in [1.54, 1.807) is 50.2 Å². The third-order valence-electron chi connectivity index (χ3n) is 4.89. The van der Waals surface area contributed by atoms with Gasteiger partial charge in [-0.15, -0.1) is 0 Å². The molecule has 6 nitrogen and oxygen atoms in total. The summed E-state index contributed by atoms with van der Waals surface area (Å²) in [6.45, 7) is 3.88. The van der Waals surface area contributed by atoms with Crippen molar-refractivity contribution in [2.75, 3.05) is 23.8 Å². The van der Waals surface area contributed by atoms with E-state index >= 15 is 0 Å². The van der Waals surface area contributed by atoms with Crippen molar-refractivity contribution in [1.82, 2.24) is 0 Å². The Hall–Kier alpha value is -4.27. The van der Waals surface area contributed by atoms with Crippen LogP contribution in [-0.2, 0) is 4.79 Å². The van der Waals surface area contributed by atoms with Crippen molar-refractivity contribution in [3.63, 3.8) is 0 Å². The quantitative estimate of drug-likeness (QED) is 0.339. The predicted molar refractivity (Wildman–Crippen MR) is 132 cm³/mol. The lowest BCUT2D eigenvalue weighted by atomic mass is 10.1. The van der Waals surface area contributed by atoms with Gasteiger partial charge in [0.05, 0.1) is 30.2 Å². The lowest BCUT2D eigenvalue weighted by molar-refractivity contribution is -0.112. The molecule has 0 unspecified atom stereocenters. The molecule has 0 aliphatic heterocycles. The molecule has 0 aliphatic carbocycles. The van der Waals surface area contributed by atoms with E-state index in [1.165, 1.54) is 36.4 Å². The fourth-order valence-corrected chi connectivity index (χ4v) is 3.34. The molecule has 0 saturated carbocycles. The van der Waals surface area contributed by atoms with Gasteiger partial charge in [0.1, 0.15) is 11.5 Å². The Kier molecular flexibility index (Phi) is 8.72. The normalized spacial score (nSPS) is 11.5. The smallest absolute Gasteiger partial charge is 0.417 e. The number of amides is 2. The number of anilines is 2. The molecule has 0 aromatic heterocycles. The van der Waals surface area contributed by atoms with Gasteiger partial charge in [-0.05, 0) is 31.5 Å². The first-order valence-electron chi connectivity index (χ1n) is 11.2.